The van der Waals surface area contributed by atoms with E-state index in [2.05, 4.69) is 22.2 Å². The van der Waals surface area contributed by atoms with Gasteiger partial charge in [-0.3, -0.25) is 4.98 Å². The molecule has 90 valence electrons. The molecule has 0 spiro atoms. The highest BCUT2D eigenvalue weighted by molar-refractivity contribution is 5.77. The summed E-state index contributed by atoms with van der Waals surface area (Å²) < 4.78 is 5.07. The zero-order valence-electron chi connectivity index (χ0n) is 9.69. The quantitative estimate of drug-likeness (QED) is 0.809. The first-order valence-electron chi connectivity index (χ1n) is 5.80. The van der Waals surface area contributed by atoms with Gasteiger partial charge in [-0.1, -0.05) is 0 Å². The van der Waals surface area contributed by atoms with Gasteiger partial charge in [0, 0.05) is 31.4 Å². The van der Waals surface area contributed by atoms with Crippen molar-refractivity contribution in [2.45, 2.75) is 12.5 Å². The van der Waals surface area contributed by atoms with Crippen LogP contribution in [0, 0.1) is 0 Å². The third-order valence-electron chi connectivity index (χ3n) is 3.39. The van der Waals surface area contributed by atoms with Crippen LogP contribution in [-0.2, 0) is 0 Å². The lowest BCUT2D eigenvalue weighted by molar-refractivity contribution is 0.555. The van der Waals surface area contributed by atoms with Crippen LogP contribution in [0.4, 0.5) is 5.69 Å². The van der Waals surface area contributed by atoms with Gasteiger partial charge in [0.15, 0.2) is 5.58 Å². The highest BCUT2D eigenvalue weighted by Crippen LogP contribution is 2.22. The molecule has 5 nitrogen and oxygen atoms in total. The summed E-state index contributed by atoms with van der Waals surface area (Å²) in [6, 6.07) is 6.31. The number of nitrogens with one attached hydrogen (secondary N) is 2. The topological polar surface area (TPSA) is 61.3 Å². The molecule has 2 heterocycles. The molecule has 5 heteroatoms. The highest BCUT2D eigenvalue weighted by Gasteiger charge is 2.19. The van der Waals surface area contributed by atoms with Crippen LogP contribution in [0.15, 0.2) is 27.4 Å². The van der Waals surface area contributed by atoms with E-state index < -0.39 is 5.76 Å². The molecule has 1 aliphatic heterocycles. The van der Waals surface area contributed by atoms with Gasteiger partial charge in [-0.05, 0) is 25.1 Å². The summed E-state index contributed by atoms with van der Waals surface area (Å²) in [7, 11) is 2.07. The molecule has 17 heavy (non-hydrogen) atoms. The van der Waals surface area contributed by atoms with Crippen LogP contribution < -0.4 is 16.0 Å². The Labute approximate surface area is 98.4 Å². The lowest BCUT2D eigenvalue weighted by Gasteiger charge is -2.25. The minimum Gasteiger partial charge on any atom is -0.408 e. The molecule has 1 fully saturated rings. The van der Waals surface area contributed by atoms with Crippen molar-refractivity contribution in [1.82, 2.24) is 10.3 Å². The number of H-pyrrole nitrogens is 1. The second-order valence-electron chi connectivity index (χ2n) is 4.45. The Morgan fingerprint density at radius 1 is 1.47 bits per heavy atom. The number of hydrogen-bond donors (Lipinski definition) is 2. The monoisotopic (exact) mass is 233 g/mol. The molecule has 1 aromatic carbocycles. The Balaban J connectivity index is 1.96. The number of aromatic amines is 1. The van der Waals surface area contributed by atoms with E-state index in [1.54, 1.807) is 0 Å². The van der Waals surface area contributed by atoms with Gasteiger partial charge in [0.2, 0.25) is 0 Å². The van der Waals surface area contributed by atoms with E-state index in [1.807, 2.05) is 18.2 Å². The molecular formula is C12H15N3O2. The van der Waals surface area contributed by atoms with Crippen LogP contribution in [-0.4, -0.2) is 31.2 Å². The standard InChI is InChI=1S/C12H15N3O2/c1-15(9-4-5-13-7-9)8-2-3-10-11(6-8)17-12(16)14-10/h2-3,6,9,13H,4-5,7H2,1H3,(H,14,16). The fourth-order valence-corrected chi connectivity index (χ4v) is 2.33. The van der Waals surface area contributed by atoms with E-state index in [1.165, 1.54) is 0 Å². The van der Waals surface area contributed by atoms with Gasteiger partial charge in [-0.15, -0.1) is 0 Å². The summed E-state index contributed by atoms with van der Waals surface area (Å²) in [5.74, 6) is -0.401. The predicted molar refractivity (Wildman–Crippen MR) is 66.5 cm³/mol. The first-order valence-corrected chi connectivity index (χ1v) is 5.80. The van der Waals surface area contributed by atoms with Crippen molar-refractivity contribution in [3.8, 4) is 0 Å². The maximum atomic E-state index is 11.1. The van der Waals surface area contributed by atoms with Crippen molar-refractivity contribution in [3.63, 3.8) is 0 Å². The molecule has 0 radical (unpaired) electrons. The average Bonchev–Trinajstić information content (AvgIpc) is 2.94. The summed E-state index contributed by atoms with van der Waals surface area (Å²) >= 11 is 0. The SMILES string of the molecule is CN(c1ccc2[nH]c(=O)oc2c1)C1CCNC1. The summed E-state index contributed by atoms with van der Waals surface area (Å²) in [6.45, 7) is 2.07. The van der Waals surface area contributed by atoms with Gasteiger partial charge < -0.3 is 14.6 Å². The summed E-state index contributed by atoms with van der Waals surface area (Å²) in [4.78, 5) is 16.0. The Hall–Kier alpha value is -1.75. The Morgan fingerprint density at radius 3 is 3.12 bits per heavy atom. The van der Waals surface area contributed by atoms with Gasteiger partial charge in [-0.25, -0.2) is 4.79 Å². The molecule has 0 bridgehead atoms. The van der Waals surface area contributed by atoms with Crippen LogP contribution in [0.1, 0.15) is 6.42 Å². The molecule has 0 amide bonds. The van der Waals surface area contributed by atoms with Crippen molar-refractivity contribution >= 4 is 16.8 Å². The van der Waals surface area contributed by atoms with Gasteiger partial charge in [-0.2, -0.15) is 0 Å². The highest BCUT2D eigenvalue weighted by atomic mass is 16.4. The fourth-order valence-electron chi connectivity index (χ4n) is 2.33. The van der Waals surface area contributed by atoms with Crippen LogP contribution in [0.5, 0.6) is 0 Å². The Bertz CT molecular complexity index is 581. The van der Waals surface area contributed by atoms with Crippen molar-refractivity contribution in [2.75, 3.05) is 25.0 Å². The Kier molecular flexibility index (Phi) is 2.40. The molecule has 2 N–H and O–H groups in total. The predicted octanol–water partition coefficient (Wildman–Crippen LogP) is 0.919. The van der Waals surface area contributed by atoms with Crippen molar-refractivity contribution < 1.29 is 4.42 Å². The molecule has 1 atom stereocenters. The fraction of sp³-hybridized carbons (Fsp3) is 0.417. The molecule has 1 unspecified atom stereocenters. The second-order valence-corrected chi connectivity index (χ2v) is 4.45. The van der Waals surface area contributed by atoms with Crippen LogP contribution >= 0.6 is 0 Å². The summed E-state index contributed by atoms with van der Waals surface area (Å²) in [5, 5.41) is 3.34. The summed E-state index contributed by atoms with van der Waals surface area (Å²) in [6.07, 6.45) is 1.14. The van der Waals surface area contributed by atoms with E-state index in [4.69, 9.17) is 4.42 Å². The first-order chi connectivity index (χ1) is 8.24. The normalized spacial score (nSPS) is 19.9. The van der Waals surface area contributed by atoms with Crippen molar-refractivity contribution in [2.24, 2.45) is 0 Å². The van der Waals surface area contributed by atoms with Crippen LogP contribution in [0.2, 0.25) is 0 Å². The Morgan fingerprint density at radius 2 is 2.35 bits per heavy atom. The number of anilines is 1. The van der Waals surface area contributed by atoms with E-state index in [9.17, 15) is 4.79 Å². The molecule has 1 aromatic heterocycles. The minimum absolute atomic E-state index is 0.401. The molecule has 1 saturated heterocycles. The lowest BCUT2D eigenvalue weighted by Crippen LogP contribution is -2.33. The zero-order chi connectivity index (χ0) is 11.8. The molecule has 0 aliphatic carbocycles. The number of hydrogen-bond acceptors (Lipinski definition) is 4. The number of benzene rings is 1. The van der Waals surface area contributed by atoms with Crippen LogP contribution in [0.3, 0.4) is 0 Å². The lowest BCUT2D eigenvalue weighted by atomic mass is 10.2. The third kappa shape index (κ3) is 1.82. The first kappa shape index (κ1) is 10.4. The molecule has 1 aliphatic rings. The molecule has 2 aromatic rings. The van der Waals surface area contributed by atoms with Gasteiger partial charge >= 0.3 is 5.76 Å². The van der Waals surface area contributed by atoms with Gasteiger partial charge in [0.1, 0.15) is 0 Å². The maximum absolute atomic E-state index is 11.1. The van der Waals surface area contributed by atoms with E-state index in [-0.39, 0.29) is 0 Å². The molecular weight excluding hydrogens is 218 g/mol. The average molecular weight is 233 g/mol. The third-order valence-corrected chi connectivity index (χ3v) is 3.39. The zero-order valence-corrected chi connectivity index (χ0v) is 9.69. The maximum Gasteiger partial charge on any atom is 0.417 e. The summed E-state index contributed by atoms with van der Waals surface area (Å²) in [5.41, 5.74) is 2.44. The van der Waals surface area contributed by atoms with E-state index >= 15 is 0 Å². The van der Waals surface area contributed by atoms with Gasteiger partial charge in [0.05, 0.1) is 5.52 Å². The van der Waals surface area contributed by atoms with Crippen LogP contribution in [0.25, 0.3) is 11.1 Å². The molecule has 3 rings (SSSR count). The largest absolute Gasteiger partial charge is 0.417 e. The number of nitrogens with zero attached hydrogens (tertiary/aromatic N) is 1. The van der Waals surface area contributed by atoms with E-state index in [0.29, 0.717) is 11.6 Å². The smallest absolute Gasteiger partial charge is 0.408 e. The van der Waals surface area contributed by atoms with Crippen molar-refractivity contribution in [3.05, 3.63) is 28.7 Å². The van der Waals surface area contributed by atoms with Crippen molar-refractivity contribution in [1.29, 1.82) is 0 Å². The number of oxazole rings is 1. The van der Waals surface area contributed by atoms with Gasteiger partial charge in [0.25, 0.3) is 0 Å². The minimum atomic E-state index is -0.401. The second kappa shape index (κ2) is 3.92. The number of likely N-dealkylation sites (N-methyl/N-ethyl adjacent to an activating group) is 1. The number of rotatable bonds is 2. The molecule has 0 saturated carbocycles. The number of aromatic nitrogens is 1. The van der Waals surface area contributed by atoms with E-state index in [0.717, 1.165) is 30.7 Å². The number of fused-ring (bicyclic) bond motifs is 1.